The van der Waals surface area contributed by atoms with Gasteiger partial charge < -0.3 is 15.0 Å². The molecule has 1 aliphatic heterocycles. The number of ether oxygens (including phenoxy) is 1. The summed E-state index contributed by atoms with van der Waals surface area (Å²) in [6.07, 6.45) is 2.51. The molecule has 0 radical (unpaired) electrons. The predicted molar refractivity (Wildman–Crippen MR) is 129 cm³/mol. The first-order valence-corrected chi connectivity index (χ1v) is 11.5. The summed E-state index contributed by atoms with van der Waals surface area (Å²) < 4.78 is 5.89. The van der Waals surface area contributed by atoms with Gasteiger partial charge in [0.1, 0.15) is 18.4 Å². The van der Waals surface area contributed by atoms with Gasteiger partial charge in [0.25, 0.3) is 5.91 Å². The van der Waals surface area contributed by atoms with Crippen molar-refractivity contribution >= 4 is 11.8 Å². The Kier molecular flexibility index (Phi) is 7.40. The van der Waals surface area contributed by atoms with Crippen LogP contribution in [0.15, 0.2) is 78.9 Å². The van der Waals surface area contributed by atoms with Crippen molar-refractivity contribution in [3.05, 3.63) is 101 Å². The molecule has 5 heteroatoms. The zero-order valence-electron chi connectivity index (χ0n) is 19.0. The lowest BCUT2D eigenvalue weighted by Gasteiger charge is -2.30. The molecule has 2 amide bonds. The van der Waals surface area contributed by atoms with Crippen LogP contribution in [0.3, 0.4) is 0 Å². The van der Waals surface area contributed by atoms with E-state index >= 15 is 0 Å². The summed E-state index contributed by atoms with van der Waals surface area (Å²) in [5.74, 6) is 0.573. The number of nitrogens with one attached hydrogen (secondary N) is 1. The van der Waals surface area contributed by atoms with Gasteiger partial charge in [0.05, 0.1) is 0 Å². The highest BCUT2D eigenvalue weighted by atomic mass is 16.5. The molecular weight excluding hydrogens is 412 g/mol. The van der Waals surface area contributed by atoms with Gasteiger partial charge in [-0.25, -0.2) is 0 Å². The zero-order valence-corrected chi connectivity index (χ0v) is 19.0. The van der Waals surface area contributed by atoms with Crippen LogP contribution in [0.2, 0.25) is 0 Å². The zero-order chi connectivity index (χ0) is 23.0. The minimum Gasteiger partial charge on any atom is -0.489 e. The second-order valence-corrected chi connectivity index (χ2v) is 8.52. The number of carbonyl (C=O) groups excluding carboxylic acids is 2. The van der Waals surface area contributed by atoms with Crippen LogP contribution in [0.1, 0.15) is 46.3 Å². The summed E-state index contributed by atoms with van der Waals surface area (Å²) in [5.41, 5.74) is 3.76. The Morgan fingerprint density at radius 1 is 0.939 bits per heavy atom. The fourth-order valence-electron chi connectivity index (χ4n) is 4.03. The standard InChI is InChI=1S/C28H30N2O3/c1-21-10-14-24(15-11-21)28(32)30(26-9-5-6-18-29-27(26)31)19-22-12-16-25(17-13-22)33-20-23-7-3-2-4-8-23/h2-4,7-8,10-17,26H,5-6,9,18-20H2,1H3,(H,29,31). The van der Waals surface area contributed by atoms with Crippen molar-refractivity contribution in [2.45, 2.75) is 45.4 Å². The molecule has 4 rings (SSSR count). The quantitative estimate of drug-likeness (QED) is 0.567. The average molecular weight is 443 g/mol. The highest BCUT2D eigenvalue weighted by Gasteiger charge is 2.31. The van der Waals surface area contributed by atoms with E-state index in [1.165, 1.54) is 0 Å². The third-order valence-electron chi connectivity index (χ3n) is 5.97. The van der Waals surface area contributed by atoms with Gasteiger partial charge in [0.2, 0.25) is 5.91 Å². The van der Waals surface area contributed by atoms with Crippen molar-refractivity contribution in [1.29, 1.82) is 0 Å². The van der Waals surface area contributed by atoms with Gasteiger partial charge in [0, 0.05) is 18.7 Å². The highest BCUT2D eigenvalue weighted by molar-refractivity contribution is 5.97. The second-order valence-electron chi connectivity index (χ2n) is 8.52. The molecule has 1 saturated heterocycles. The first-order valence-electron chi connectivity index (χ1n) is 11.5. The Labute approximate surface area is 195 Å². The van der Waals surface area contributed by atoms with Crippen LogP contribution >= 0.6 is 0 Å². The van der Waals surface area contributed by atoms with Crippen LogP contribution in [-0.2, 0) is 17.9 Å². The number of carbonyl (C=O) groups is 2. The molecule has 33 heavy (non-hydrogen) atoms. The van der Waals surface area contributed by atoms with Crippen LogP contribution in [0.4, 0.5) is 0 Å². The Bertz CT molecular complexity index is 1060. The lowest BCUT2D eigenvalue weighted by atomic mass is 10.0. The van der Waals surface area contributed by atoms with Crippen LogP contribution in [0.25, 0.3) is 0 Å². The van der Waals surface area contributed by atoms with E-state index in [4.69, 9.17) is 4.74 Å². The summed E-state index contributed by atoms with van der Waals surface area (Å²) in [5, 5.41) is 2.96. The smallest absolute Gasteiger partial charge is 0.254 e. The van der Waals surface area contributed by atoms with Crippen LogP contribution in [0, 0.1) is 6.92 Å². The van der Waals surface area contributed by atoms with Crippen molar-refractivity contribution < 1.29 is 14.3 Å². The highest BCUT2D eigenvalue weighted by Crippen LogP contribution is 2.21. The molecule has 3 aromatic rings. The summed E-state index contributed by atoms with van der Waals surface area (Å²) in [6, 6.07) is 24.8. The summed E-state index contributed by atoms with van der Waals surface area (Å²) >= 11 is 0. The normalized spacial score (nSPS) is 15.9. The summed E-state index contributed by atoms with van der Waals surface area (Å²) in [7, 11) is 0. The molecule has 1 aliphatic rings. The maximum atomic E-state index is 13.5. The molecule has 0 aromatic heterocycles. The molecule has 0 spiro atoms. The fourth-order valence-corrected chi connectivity index (χ4v) is 4.03. The van der Waals surface area contributed by atoms with Gasteiger partial charge in [0.15, 0.2) is 0 Å². The number of hydrogen-bond acceptors (Lipinski definition) is 3. The third-order valence-corrected chi connectivity index (χ3v) is 5.97. The summed E-state index contributed by atoms with van der Waals surface area (Å²) in [4.78, 5) is 28.0. The third kappa shape index (κ3) is 6.01. The molecule has 0 saturated carbocycles. The maximum absolute atomic E-state index is 13.5. The molecule has 1 unspecified atom stereocenters. The van der Waals surface area contributed by atoms with E-state index in [0.29, 0.717) is 31.7 Å². The van der Waals surface area contributed by atoms with E-state index in [-0.39, 0.29) is 11.8 Å². The van der Waals surface area contributed by atoms with Crippen molar-refractivity contribution in [2.75, 3.05) is 6.54 Å². The largest absolute Gasteiger partial charge is 0.489 e. The molecule has 1 N–H and O–H groups in total. The van der Waals surface area contributed by atoms with E-state index < -0.39 is 6.04 Å². The van der Waals surface area contributed by atoms with Crippen molar-refractivity contribution in [2.24, 2.45) is 0 Å². The van der Waals surface area contributed by atoms with Gasteiger partial charge in [-0.15, -0.1) is 0 Å². The molecular formula is C28H30N2O3. The topological polar surface area (TPSA) is 58.6 Å². The monoisotopic (exact) mass is 442 g/mol. The lowest BCUT2D eigenvalue weighted by molar-refractivity contribution is -0.125. The lowest BCUT2D eigenvalue weighted by Crippen LogP contribution is -2.48. The summed E-state index contributed by atoms with van der Waals surface area (Å²) in [6.45, 7) is 3.52. The predicted octanol–water partition coefficient (Wildman–Crippen LogP) is 4.89. The van der Waals surface area contributed by atoms with Gasteiger partial charge in [-0.2, -0.15) is 0 Å². The molecule has 1 atom stereocenters. The Morgan fingerprint density at radius 3 is 2.39 bits per heavy atom. The Balaban J connectivity index is 1.51. The minimum atomic E-state index is -0.477. The van der Waals surface area contributed by atoms with E-state index in [2.05, 4.69) is 5.32 Å². The van der Waals surface area contributed by atoms with E-state index in [1.54, 1.807) is 4.90 Å². The molecule has 1 heterocycles. The van der Waals surface area contributed by atoms with Gasteiger partial charge in [-0.3, -0.25) is 9.59 Å². The maximum Gasteiger partial charge on any atom is 0.254 e. The van der Waals surface area contributed by atoms with E-state index in [0.717, 1.165) is 35.3 Å². The number of amides is 2. The minimum absolute atomic E-state index is 0.0734. The molecule has 5 nitrogen and oxygen atoms in total. The SMILES string of the molecule is Cc1ccc(C(=O)N(Cc2ccc(OCc3ccccc3)cc2)C2CCCCNC2=O)cc1. The average Bonchev–Trinajstić information content (AvgIpc) is 3.07. The number of benzene rings is 3. The van der Waals surface area contributed by atoms with Gasteiger partial charge >= 0.3 is 0 Å². The second kappa shape index (κ2) is 10.8. The number of aryl methyl sites for hydroxylation is 1. The van der Waals surface area contributed by atoms with Crippen molar-refractivity contribution in [3.8, 4) is 5.75 Å². The first-order chi connectivity index (χ1) is 16.1. The molecule has 0 aliphatic carbocycles. The van der Waals surface area contributed by atoms with Crippen LogP contribution in [-0.4, -0.2) is 29.3 Å². The van der Waals surface area contributed by atoms with Crippen LogP contribution in [0.5, 0.6) is 5.75 Å². The number of rotatable bonds is 7. The Morgan fingerprint density at radius 2 is 1.67 bits per heavy atom. The van der Waals surface area contributed by atoms with Crippen molar-refractivity contribution in [3.63, 3.8) is 0 Å². The number of hydrogen-bond donors (Lipinski definition) is 1. The number of nitrogens with zero attached hydrogens (tertiary/aromatic N) is 1. The van der Waals surface area contributed by atoms with Gasteiger partial charge in [-0.05, 0) is 61.6 Å². The molecule has 3 aromatic carbocycles. The fraction of sp³-hybridized carbons (Fsp3) is 0.286. The van der Waals surface area contributed by atoms with Crippen molar-refractivity contribution in [1.82, 2.24) is 10.2 Å². The Hall–Kier alpha value is -3.60. The molecule has 0 bridgehead atoms. The first kappa shape index (κ1) is 22.6. The van der Waals surface area contributed by atoms with E-state index in [1.807, 2.05) is 85.8 Å². The van der Waals surface area contributed by atoms with Crippen LogP contribution < -0.4 is 10.1 Å². The van der Waals surface area contributed by atoms with E-state index in [9.17, 15) is 9.59 Å². The molecule has 170 valence electrons. The molecule has 1 fully saturated rings. The van der Waals surface area contributed by atoms with Gasteiger partial charge in [-0.1, -0.05) is 60.2 Å².